The maximum absolute atomic E-state index is 16.3. The minimum Gasteiger partial charge on any atom is -0.508 e. The first-order valence-electron chi connectivity index (χ1n) is 22.0. The lowest BCUT2D eigenvalue weighted by Gasteiger charge is -2.46. The summed E-state index contributed by atoms with van der Waals surface area (Å²) in [6, 6.07) is 39.0. The van der Waals surface area contributed by atoms with Gasteiger partial charge in [-0.2, -0.15) is 0 Å². The largest absolute Gasteiger partial charge is 0.508 e. The number of non-ortho nitro benzene ring substituents is 1. The number of nitro benzene ring substituents is 1. The van der Waals surface area contributed by atoms with Gasteiger partial charge in [-0.05, 0) is 82.4 Å². The fraction of sp³-hybridized carbons (Fsp3) is 0.170. The number of para-hydroxylation sites is 1. The van der Waals surface area contributed by atoms with E-state index < -0.39 is 64.4 Å². The Morgan fingerprint density at radius 2 is 1.57 bits per heavy atom. The van der Waals surface area contributed by atoms with Gasteiger partial charge in [0.15, 0.2) is 0 Å². The van der Waals surface area contributed by atoms with E-state index in [1.807, 2.05) is 89.8 Å². The van der Waals surface area contributed by atoms with Crippen LogP contribution in [0.15, 0.2) is 164 Å². The zero-order chi connectivity index (χ0) is 47.8. The van der Waals surface area contributed by atoms with Gasteiger partial charge in [-0.25, -0.2) is 14.4 Å². The number of morpholine rings is 1. The molecule has 0 unspecified atom stereocenters. The van der Waals surface area contributed by atoms with Crippen molar-refractivity contribution in [1.29, 1.82) is 0 Å². The Morgan fingerprint density at radius 1 is 0.870 bits per heavy atom. The van der Waals surface area contributed by atoms with Crippen LogP contribution in [0, 0.1) is 27.9 Å². The number of fused-ring (bicyclic) bond motifs is 4. The summed E-state index contributed by atoms with van der Waals surface area (Å²) in [7, 11) is 0. The van der Waals surface area contributed by atoms with Crippen molar-refractivity contribution < 1.29 is 38.7 Å². The Hall–Kier alpha value is -8.94. The number of nitrogens with zero attached hydrogens (tertiary/aromatic N) is 6. The van der Waals surface area contributed by atoms with Crippen LogP contribution in [0.25, 0.3) is 11.0 Å². The summed E-state index contributed by atoms with van der Waals surface area (Å²) in [5.74, 6) is 2.36. The van der Waals surface area contributed by atoms with Gasteiger partial charge in [-0.1, -0.05) is 108 Å². The summed E-state index contributed by atoms with van der Waals surface area (Å²) in [6.45, 7) is 3.54. The molecule has 0 bridgehead atoms. The second-order valence-electron chi connectivity index (χ2n) is 16.8. The molecule has 16 heteroatoms. The molecule has 1 spiro atoms. The molecule has 2 saturated heterocycles. The number of esters is 1. The molecule has 10 rings (SSSR count). The summed E-state index contributed by atoms with van der Waals surface area (Å²) in [6.07, 6.45) is -0.574. The molecule has 3 aliphatic heterocycles. The number of phenols is 1. The van der Waals surface area contributed by atoms with Gasteiger partial charge in [0.1, 0.15) is 42.0 Å². The zero-order valence-electron chi connectivity index (χ0n) is 36.6. The van der Waals surface area contributed by atoms with E-state index in [1.165, 1.54) is 42.5 Å². The van der Waals surface area contributed by atoms with Crippen LogP contribution in [0.5, 0.6) is 5.75 Å². The molecular formula is C53H41N7O9. The van der Waals surface area contributed by atoms with Crippen molar-refractivity contribution in [2.45, 2.75) is 42.8 Å². The molecule has 6 aromatic carbocycles. The number of nitro groups is 1. The second-order valence-corrected chi connectivity index (χ2v) is 16.8. The maximum atomic E-state index is 16.3. The predicted octanol–water partition coefficient (Wildman–Crippen LogP) is 7.40. The molecule has 0 aliphatic carbocycles. The van der Waals surface area contributed by atoms with E-state index in [2.05, 4.69) is 34.0 Å². The number of aromatic nitrogens is 3. The number of nitrogens with one attached hydrogen (secondary N) is 1. The lowest BCUT2D eigenvalue weighted by Crippen LogP contribution is -2.55. The number of cyclic esters (lactones) is 1. The van der Waals surface area contributed by atoms with Crippen molar-refractivity contribution >= 4 is 46.3 Å². The molecule has 2 N–H and O–H groups in total. The van der Waals surface area contributed by atoms with E-state index in [9.17, 15) is 20.0 Å². The molecule has 0 saturated carbocycles. The van der Waals surface area contributed by atoms with Gasteiger partial charge >= 0.3 is 12.1 Å². The lowest BCUT2D eigenvalue weighted by atomic mass is 9.65. The Bertz CT molecular complexity index is 3220. The van der Waals surface area contributed by atoms with Crippen molar-refractivity contribution in [3.05, 3.63) is 208 Å². The number of carbonyl (C=O) groups excluding carboxylic acids is 4. The zero-order valence-corrected chi connectivity index (χ0v) is 36.6. The maximum Gasteiger partial charge on any atom is 0.421 e. The number of imide groups is 1. The predicted molar refractivity (Wildman–Crippen MR) is 251 cm³/mol. The highest BCUT2D eigenvalue weighted by molar-refractivity contribution is 6.23. The SMILES string of the molecule is C=CCNC(=O)[C@@H]1[C@H]2C(=O)O[C@H](c3ccccc3)[C@H](c3ccccc3)N2[C@H](c2ccc(O)cc2)[C@@]12C(=O)N(C(=O)OCc1ccc([N+](=O)[O-])cc1)c1ccc(C#CCn3nnc4ccccc43)cc12. The van der Waals surface area contributed by atoms with Crippen LogP contribution in [-0.2, 0) is 42.4 Å². The molecule has 2 fully saturated rings. The molecule has 3 amide bonds. The number of anilines is 1. The van der Waals surface area contributed by atoms with E-state index in [0.29, 0.717) is 33.3 Å². The Morgan fingerprint density at radius 3 is 2.28 bits per heavy atom. The normalized spacial score (nSPS) is 21.4. The standard InChI is InChI=1S/C53H41N7O9/c1-2-29-54-49(62)44-46-50(63)69-47(36-15-7-4-8-16-36)45(35-13-5-3-6-14-35)59(46)48(37-22-26-39(61)27-23-37)53(44)40-31-33(12-11-30-57-43-18-10-9-17-41(43)55-56-57)21-28-42(40)58(51(53)64)52(65)68-32-34-19-24-38(25-20-34)60(66)67/h2-10,13-28,31,44-48,61H,1,29-30,32H2,(H,54,62)/t44-,45-,46-,47+,48+,53-/m0/s1. The van der Waals surface area contributed by atoms with E-state index in [-0.39, 0.29) is 42.4 Å². The van der Waals surface area contributed by atoms with Gasteiger partial charge in [-0.15, -0.1) is 11.7 Å². The number of hydrogen-bond donors (Lipinski definition) is 2. The summed E-state index contributed by atoms with van der Waals surface area (Å²) >= 11 is 0. The molecule has 6 atom stereocenters. The number of phenolic OH excluding ortho intramolecular Hbond substituents is 1. The molecular weight excluding hydrogens is 879 g/mol. The minimum absolute atomic E-state index is 0.0314. The van der Waals surface area contributed by atoms with E-state index in [1.54, 1.807) is 35.0 Å². The number of amides is 3. The molecule has 16 nitrogen and oxygen atoms in total. The molecule has 342 valence electrons. The minimum atomic E-state index is -2.11. The van der Waals surface area contributed by atoms with Gasteiger partial charge in [0.05, 0.1) is 34.1 Å². The monoisotopic (exact) mass is 919 g/mol. The van der Waals surface area contributed by atoms with Gasteiger partial charge < -0.3 is 19.9 Å². The van der Waals surface area contributed by atoms with Gasteiger partial charge in [-0.3, -0.25) is 29.4 Å². The van der Waals surface area contributed by atoms with Crippen molar-refractivity contribution in [1.82, 2.24) is 25.2 Å². The molecule has 1 aromatic heterocycles. The van der Waals surface area contributed by atoms with Crippen molar-refractivity contribution in [2.24, 2.45) is 5.92 Å². The van der Waals surface area contributed by atoms with E-state index >= 15 is 14.4 Å². The third kappa shape index (κ3) is 7.60. The number of rotatable bonds is 10. The van der Waals surface area contributed by atoms with Crippen LogP contribution < -0.4 is 10.2 Å². The fourth-order valence-corrected chi connectivity index (χ4v) is 10.1. The Labute approximate surface area is 394 Å². The Balaban J connectivity index is 1.20. The first-order chi connectivity index (χ1) is 33.6. The quantitative estimate of drug-likeness (QED) is 0.0454. The first-order valence-corrected chi connectivity index (χ1v) is 22.0. The van der Waals surface area contributed by atoms with Crippen molar-refractivity contribution in [3.63, 3.8) is 0 Å². The molecule has 69 heavy (non-hydrogen) atoms. The van der Waals surface area contributed by atoms with Crippen molar-refractivity contribution in [3.8, 4) is 17.6 Å². The van der Waals surface area contributed by atoms with Gasteiger partial charge in [0, 0.05) is 24.2 Å². The number of carbonyl (C=O) groups is 4. The summed E-state index contributed by atoms with van der Waals surface area (Å²) in [4.78, 5) is 75.1. The lowest BCUT2D eigenvalue weighted by molar-refractivity contribution is -0.384. The first kappa shape index (κ1) is 43.9. The highest BCUT2D eigenvalue weighted by atomic mass is 16.6. The van der Waals surface area contributed by atoms with Crippen LogP contribution in [-0.4, -0.2) is 66.4 Å². The topological polar surface area (TPSA) is 199 Å². The number of benzene rings is 6. The number of aromatic hydroxyl groups is 1. The van der Waals surface area contributed by atoms with Crippen LogP contribution in [0.2, 0.25) is 0 Å². The summed E-state index contributed by atoms with van der Waals surface area (Å²) in [5.41, 5.74) is 2.11. The highest BCUT2D eigenvalue weighted by Gasteiger charge is 2.75. The average molecular weight is 920 g/mol. The third-order valence-electron chi connectivity index (χ3n) is 12.9. The van der Waals surface area contributed by atoms with Crippen molar-refractivity contribution in [2.75, 3.05) is 11.4 Å². The van der Waals surface area contributed by atoms with Gasteiger partial charge in [0.25, 0.3) is 5.69 Å². The number of hydrogen-bond acceptors (Lipinski definition) is 12. The van der Waals surface area contributed by atoms with Crippen LogP contribution in [0.1, 0.15) is 51.6 Å². The van der Waals surface area contributed by atoms with E-state index in [4.69, 9.17) is 9.47 Å². The smallest absolute Gasteiger partial charge is 0.421 e. The third-order valence-corrected chi connectivity index (χ3v) is 12.9. The van der Waals surface area contributed by atoms with Crippen LogP contribution in [0.4, 0.5) is 16.2 Å². The average Bonchev–Trinajstić information content (AvgIpc) is 4.01. The molecule has 3 aliphatic rings. The molecule has 7 aromatic rings. The fourth-order valence-electron chi connectivity index (χ4n) is 10.1. The van der Waals surface area contributed by atoms with Crippen LogP contribution >= 0.6 is 0 Å². The summed E-state index contributed by atoms with van der Waals surface area (Å²) < 4.78 is 14.0. The molecule has 0 radical (unpaired) electrons. The van der Waals surface area contributed by atoms with E-state index in [0.717, 1.165) is 10.4 Å². The number of ether oxygens (including phenoxy) is 2. The van der Waals surface area contributed by atoms with Gasteiger partial charge in [0.2, 0.25) is 11.8 Å². The summed E-state index contributed by atoms with van der Waals surface area (Å²) in [5, 5.41) is 33.4. The second kappa shape index (κ2) is 18.0. The highest BCUT2D eigenvalue weighted by Crippen LogP contribution is 2.66. The van der Waals surface area contributed by atoms with Crippen LogP contribution in [0.3, 0.4) is 0 Å². The molecule has 4 heterocycles. The Kier molecular flexibility index (Phi) is 11.5.